The molecule has 0 fully saturated rings. The van der Waals surface area contributed by atoms with Gasteiger partial charge in [0, 0.05) is 6.42 Å². The number of halogens is 2. The van der Waals surface area contributed by atoms with E-state index in [1.807, 2.05) is 30.3 Å². The average molecular weight is 586 g/mol. The Labute approximate surface area is 242 Å². The van der Waals surface area contributed by atoms with Crippen molar-refractivity contribution < 1.29 is 33.3 Å². The quantitative estimate of drug-likeness (QED) is 0.214. The lowest BCUT2D eigenvalue weighted by atomic mass is 10.1. The highest BCUT2D eigenvalue weighted by Gasteiger charge is 2.25. The second kappa shape index (κ2) is 12.6. The summed E-state index contributed by atoms with van der Waals surface area (Å²) in [6.45, 7) is 5.79. The molecule has 0 bridgehead atoms. The van der Waals surface area contributed by atoms with Crippen molar-refractivity contribution in [3.05, 3.63) is 87.4 Å². The molecule has 1 atom stereocenters. The lowest BCUT2D eigenvalue weighted by Gasteiger charge is -2.27. The zero-order valence-electron chi connectivity index (χ0n) is 22.5. The van der Waals surface area contributed by atoms with Gasteiger partial charge >= 0.3 is 12.1 Å². The van der Waals surface area contributed by atoms with Gasteiger partial charge in [-0.15, -0.1) is 0 Å². The number of benzene rings is 3. The molecule has 40 heavy (non-hydrogen) atoms. The molecule has 10 heteroatoms. The SMILES string of the molecule is COC(=O)C(Cc1ccc2c(c1)OC[C@@H](c1ccc(OCc3ccc(Cl)c(Cl)c3)cc1)O2)=NC(=O)OC(C)(C)C. The Morgan fingerprint density at radius 3 is 2.35 bits per heavy atom. The molecule has 1 aliphatic rings. The van der Waals surface area contributed by atoms with E-state index in [2.05, 4.69) is 4.99 Å². The predicted molar refractivity (Wildman–Crippen MR) is 152 cm³/mol. The fraction of sp³-hybridized carbons (Fsp3) is 0.300. The number of aliphatic imine (C=N–C) groups is 1. The molecule has 1 heterocycles. The van der Waals surface area contributed by atoms with Crippen molar-refractivity contribution in [3.8, 4) is 17.2 Å². The largest absolute Gasteiger partial charge is 0.489 e. The van der Waals surface area contributed by atoms with Crippen LogP contribution < -0.4 is 14.2 Å². The topological polar surface area (TPSA) is 92.7 Å². The van der Waals surface area contributed by atoms with Gasteiger partial charge in [0.25, 0.3) is 0 Å². The number of ether oxygens (including phenoxy) is 5. The zero-order chi connectivity index (χ0) is 28.9. The van der Waals surface area contributed by atoms with Crippen molar-refractivity contribution >= 4 is 41.0 Å². The van der Waals surface area contributed by atoms with Gasteiger partial charge in [-0.25, -0.2) is 9.59 Å². The number of hydrogen-bond donors (Lipinski definition) is 0. The lowest BCUT2D eigenvalue weighted by Crippen LogP contribution is -2.25. The summed E-state index contributed by atoms with van der Waals surface area (Å²) in [5.74, 6) is 1.07. The Bertz CT molecular complexity index is 1410. The van der Waals surface area contributed by atoms with E-state index in [1.165, 1.54) is 7.11 Å². The van der Waals surface area contributed by atoms with E-state index < -0.39 is 17.7 Å². The monoisotopic (exact) mass is 585 g/mol. The highest BCUT2D eigenvalue weighted by Crippen LogP contribution is 2.37. The molecule has 210 valence electrons. The van der Waals surface area contributed by atoms with Crippen molar-refractivity contribution in [1.82, 2.24) is 0 Å². The number of fused-ring (bicyclic) bond motifs is 1. The molecule has 3 aromatic rings. The fourth-order valence-corrected chi connectivity index (χ4v) is 4.15. The van der Waals surface area contributed by atoms with Crippen LogP contribution in [0.15, 0.2) is 65.7 Å². The van der Waals surface area contributed by atoms with Crippen LogP contribution in [0.1, 0.15) is 43.6 Å². The average Bonchev–Trinajstić information content (AvgIpc) is 2.92. The van der Waals surface area contributed by atoms with E-state index >= 15 is 0 Å². The Hall–Kier alpha value is -3.75. The minimum Gasteiger partial charge on any atom is -0.489 e. The Kier molecular flexibility index (Phi) is 9.22. The highest BCUT2D eigenvalue weighted by molar-refractivity contribution is 6.42. The van der Waals surface area contributed by atoms with Crippen molar-refractivity contribution in [1.29, 1.82) is 0 Å². The van der Waals surface area contributed by atoms with Gasteiger partial charge in [0.15, 0.2) is 17.6 Å². The number of carbonyl (C=O) groups is 2. The molecule has 0 saturated heterocycles. The Balaban J connectivity index is 1.39. The third kappa shape index (κ3) is 7.90. The first-order valence-corrected chi connectivity index (χ1v) is 13.2. The molecular formula is C30H29Cl2NO7. The number of nitrogens with zero attached hydrogens (tertiary/aromatic N) is 1. The maximum atomic E-state index is 12.2. The summed E-state index contributed by atoms with van der Waals surface area (Å²) in [5.41, 5.74) is 1.71. The number of hydrogen-bond acceptors (Lipinski definition) is 7. The number of methoxy groups -OCH3 is 1. The second-order valence-corrected chi connectivity index (χ2v) is 10.8. The smallest absolute Gasteiger partial charge is 0.434 e. The third-order valence-electron chi connectivity index (χ3n) is 5.72. The van der Waals surface area contributed by atoms with E-state index in [9.17, 15) is 9.59 Å². The number of rotatable bonds is 7. The number of carbonyl (C=O) groups excluding carboxylic acids is 2. The molecular weight excluding hydrogens is 557 g/mol. The maximum absolute atomic E-state index is 12.2. The van der Waals surface area contributed by atoms with E-state index in [-0.39, 0.29) is 24.8 Å². The first-order chi connectivity index (χ1) is 19.0. The van der Waals surface area contributed by atoms with Crippen LogP contribution >= 0.6 is 23.2 Å². The molecule has 0 radical (unpaired) electrons. The zero-order valence-corrected chi connectivity index (χ0v) is 24.0. The van der Waals surface area contributed by atoms with Crippen LogP contribution in [0, 0.1) is 0 Å². The molecule has 3 aromatic carbocycles. The predicted octanol–water partition coefficient (Wildman–Crippen LogP) is 7.18. The van der Waals surface area contributed by atoms with Crippen LogP contribution in [0.5, 0.6) is 17.2 Å². The van der Waals surface area contributed by atoms with Crippen molar-refractivity contribution in [3.63, 3.8) is 0 Å². The molecule has 0 N–H and O–H groups in total. The molecule has 0 saturated carbocycles. The first kappa shape index (κ1) is 29.2. The van der Waals surface area contributed by atoms with Gasteiger partial charge in [-0.1, -0.05) is 47.5 Å². The molecule has 1 amide bonds. The summed E-state index contributed by atoms with van der Waals surface area (Å²) in [6, 6.07) is 18.2. The maximum Gasteiger partial charge on any atom is 0.434 e. The molecule has 0 unspecified atom stereocenters. The lowest BCUT2D eigenvalue weighted by molar-refractivity contribution is -0.132. The standard InChI is InChI=1S/C30H29Cl2NO7/c1-30(2,3)40-29(35)33-24(28(34)36-4)14-18-6-12-25-26(15-18)38-17-27(39-25)20-7-9-21(10-8-20)37-16-19-5-11-22(31)23(32)13-19/h5-13,15,27H,14,16-17H2,1-4H3/t27-/m0/s1. The summed E-state index contributed by atoms with van der Waals surface area (Å²) < 4.78 is 28.0. The number of esters is 1. The highest BCUT2D eigenvalue weighted by atomic mass is 35.5. The summed E-state index contributed by atoms with van der Waals surface area (Å²) in [5, 5.41) is 0.984. The molecule has 1 aliphatic heterocycles. The minimum atomic E-state index is -0.862. The number of amides is 1. The Morgan fingerprint density at radius 1 is 0.950 bits per heavy atom. The van der Waals surface area contributed by atoms with Gasteiger partial charge in [-0.3, -0.25) is 0 Å². The summed E-state index contributed by atoms with van der Waals surface area (Å²) in [6.07, 6.45) is -1.13. The van der Waals surface area contributed by atoms with E-state index in [0.717, 1.165) is 11.1 Å². The van der Waals surface area contributed by atoms with Crippen LogP contribution in [-0.2, 0) is 27.3 Å². The van der Waals surface area contributed by atoms with Crippen LogP contribution in [0.3, 0.4) is 0 Å². The van der Waals surface area contributed by atoms with Gasteiger partial charge in [-0.05, 0) is 73.9 Å². The van der Waals surface area contributed by atoms with Gasteiger partial charge in [0.05, 0.1) is 17.2 Å². The van der Waals surface area contributed by atoms with Crippen LogP contribution in [0.2, 0.25) is 10.0 Å². The summed E-state index contributed by atoms with van der Waals surface area (Å²) >= 11 is 12.0. The minimum absolute atomic E-state index is 0.0513. The van der Waals surface area contributed by atoms with E-state index in [4.69, 9.17) is 46.9 Å². The van der Waals surface area contributed by atoms with Crippen LogP contribution in [0.4, 0.5) is 4.79 Å². The van der Waals surface area contributed by atoms with Gasteiger partial charge < -0.3 is 23.7 Å². The van der Waals surface area contributed by atoms with Crippen molar-refractivity contribution in [2.45, 2.75) is 45.5 Å². The Morgan fingerprint density at radius 2 is 1.68 bits per heavy atom. The van der Waals surface area contributed by atoms with E-state index in [1.54, 1.807) is 51.1 Å². The third-order valence-corrected chi connectivity index (χ3v) is 6.46. The van der Waals surface area contributed by atoms with Crippen molar-refractivity contribution in [2.24, 2.45) is 4.99 Å². The fourth-order valence-electron chi connectivity index (χ4n) is 3.83. The van der Waals surface area contributed by atoms with E-state index in [0.29, 0.717) is 39.5 Å². The molecule has 8 nitrogen and oxygen atoms in total. The molecule has 4 rings (SSSR count). The van der Waals surface area contributed by atoms with Crippen LogP contribution in [0.25, 0.3) is 0 Å². The molecule has 0 aliphatic carbocycles. The summed E-state index contributed by atoms with van der Waals surface area (Å²) in [4.78, 5) is 28.2. The van der Waals surface area contributed by atoms with Crippen LogP contribution in [-0.4, -0.2) is 37.1 Å². The normalized spacial score (nSPS) is 14.8. The molecule has 0 spiro atoms. The molecule has 0 aromatic heterocycles. The van der Waals surface area contributed by atoms with Gasteiger partial charge in [-0.2, -0.15) is 4.99 Å². The first-order valence-electron chi connectivity index (χ1n) is 12.5. The van der Waals surface area contributed by atoms with Gasteiger partial charge in [0.1, 0.15) is 30.3 Å². The van der Waals surface area contributed by atoms with Crippen molar-refractivity contribution in [2.75, 3.05) is 13.7 Å². The summed E-state index contributed by atoms with van der Waals surface area (Å²) in [7, 11) is 1.23. The second-order valence-electron chi connectivity index (χ2n) is 10.0. The van der Waals surface area contributed by atoms with Gasteiger partial charge in [0.2, 0.25) is 0 Å².